The van der Waals surface area contributed by atoms with E-state index in [0.717, 1.165) is 32.5 Å². The average molecular weight is 798 g/mol. The number of nitrogens with one attached hydrogen (secondary N) is 1. The van der Waals surface area contributed by atoms with Crippen LogP contribution in [0.3, 0.4) is 0 Å². The van der Waals surface area contributed by atoms with E-state index in [1.165, 1.54) is 81.2 Å². The van der Waals surface area contributed by atoms with Crippen LogP contribution in [0.25, 0.3) is 98.2 Å². The van der Waals surface area contributed by atoms with Crippen LogP contribution in [0.15, 0.2) is 205 Å². The van der Waals surface area contributed by atoms with E-state index in [1.54, 1.807) is 11.3 Å². The highest BCUT2D eigenvalue weighted by atomic mass is 32.1. The van der Waals surface area contributed by atoms with Gasteiger partial charge in [0.2, 0.25) is 0 Å². The molecule has 0 aliphatic carbocycles. The Bertz CT molecular complexity index is 3850. The largest absolute Gasteiger partial charge is 0.345 e. The number of pyridine rings is 1. The summed E-state index contributed by atoms with van der Waals surface area (Å²) in [5, 5.41) is 14.8. The molecular formula is C55H35N5S. The molecule has 286 valence electrons. The first kappa shape index (κ1) is 34.1. The molecule has 0 bridgehead atoms. The molecule has 0 spiro atoms. The highest BCUT2D eigenvalue weighted by molar-refractivity contribution is 7.13. The van der Waals surface area contributed by atoms with Gasteiger partial charge in [0.15, 0.2) is 0 Å². The van der Waals surface area contributed by atoms with Gasteiger partial charge in [-0.05, 0) is 99.1 Å². The van der Waals surface area contributed by atoms with Crippen molar-refractivity contribution >= 4 is 82.3 Å². The summed E-state index contributed by atoms with van der Waals surface area (Å²) in [6, 6.07) is 68.3. The van der Waals surface area contributed by atoms with E-state index in [0.29, 0.717) is 0 Å². The van der Waals surface area contributed by atoms with E-state index < -0.39 is 0 Å². The van der Waals surface area contributed by atoms with Gasteiger partial charge in [0.25, 0.3) is 0 Å². The highest BCUT2D eigenvalue weighted by Gasteiger charge is 2.25. The van der Waals surface area contributed by atoms with Crippen LogP contribution in [0.2, 0.25) is 0 Å². The lowest BCUT2D eigenvalue weighted by atomic mass is 9.98. The maximum absolute atomic E-state index is 5.32. The van der Waals surface area contributed by atoms with Crippen molar-refractivity contribution in [3.63, 3.8) is 0 Å². The summed E-state index contributed by atoms with van der Waals surface area (Å²) in [4.78, 5) is 10.8. The summed E-state index contributed by atoms with van der Waals surface area (Å²) >= 11 is 1.79. The van der Waals surface area contributed by atoms with Crippen LogP contribution in [-0.4, -0.2) is 14.1 Å². The van der Waals surface area contributed by atoms with E-state index in [9.17, 15) is 0 Å². The van der Waals surface area contributed by atoms with Crippen molar-refractivity contribution in [2.24, 2.45) is 4.99 Å². The van der Waals surface area contributed by atoms with E-state index in [1.807, 2.05) is 12.4 Å². The number of rotatable bonds is 5. The summed E-state index contributed by atoms with van der Waals surface area (Å²) in [6.45, 7) is 0. The van der Waals surface area contributed by atoms with Crippen LogP contribution in [0.4, 0.5) is 0 Å². The molecule has 1 N–H and O–H groups in total. The fraction of sp³-hybridized carbons (Fsp3) is 0.0182. The third-order valence-corrected chi connectivity index (χ3v) is 13.6. The quantitative estimate of drug-likeness (QED) is 0.189. The second-order valence-corrected chi connectivity index (χ2v) is 16.9. The maximum Gasteiger partial charge on any atom is 0.146 e. The fourth-order valence-electron chi connectivity index (χ4n) is 9.65. The number of para-hydroxylation sites is 1. The number of nitrogens with zero attached hydrogens (tertiary/aromatic N) is 4. The van der Waals surface area contributed by atoms with Gasteiger partial charge in [0, 0.05) is 49.9 Å². The fourth-order valence-corrected chi connectivity index (χ4v) is 10.8. The molecule has 1 aliphatic heterocycles. The first-order valence-electron chi connectivity index (χ1n) is 20.7. The number of hydrogen-bond donors (Lipinski definition) is 1. The monoisotopic (exact) mass is 797 g/mol. The number of hydrogen-bond acceptors (Lipinski definition) is 4. The van der Waals surface area contributed by atoms with Gasteiger partial charge in [0.05, 0.1) is 32.0 Å². The van der Waals surface area contributed by atoms with Crippen LogP contribution in [0.1, 0.15) is 11.7 Å². The van der Waals surface area contributed by atoms with Gasteiger partial charge in [-0.25, -0.2) is 0 Å². The number of thiophene rings is 1. The molecule has 8 aromatic carbocycles. The van der Waals surface area contributed by atoms with Crippen molar-refractivity contribution in [3.05, 3.63) is 216 Å². The molecule has 0 saturated heterocycles. The van der Waals surface area contributed by atoms with Gasteiger partial charge in [-0.2, -0.15) is 0 Å². The van der Waals surface area contributed by atoms with Crippen molar-refractivity contribution < 1.29 is 0 Å². The zero-order chi connectivity index (χ0) is 40.0. The molecule has 0 radical (unpaired) electrons. The minimum Gasteiger partial charge on any atom is -0.345 e. The molecule has 5 heterocycles. The summed E-state index contributed by atoms with van der Waals surface area (Å²) in [6.07, 6.45) is 3.41. The lowest BCUT2D eigenvalue weighted by molar-refractivity contribution is 0.620. The van der Waals surface area contributed by atoms with E-state index in [2.05, 4.69) is 207 Å². The summed E-state index contributed by atoms with van der Waals surface area (Å²) in [5.41, 5.74) is 10.5. The average Bonchev–Trinajstić information content (AvgIpc) is 4.02. The van der Waals surface area contributed by atoms with Gasteiger partial charge < -0.3 is 9.88 Å². The number of fused-ring (bicyclic) bond motifs is 11. The molecule has 0 saturated carbocycles. The smallest absolute Gasteiger partial charge is 0.146 e. The lowest BCUT2D eigenvalue weighted by Gasteiger charge is -2.23. The Labute approximate surface area is 354 Å². The van der Waals surface area contributed by atoms with Crippen LogP contribution < -0.4 is 15.2 Å². The van der Waals surface area contributed by atoms with E-state index in [4.69, 9.17) is 4.99 Å². The molecule has 0 fully saturated rings. The van der Waals surface area contributed by atoms with Gasteiger partial charge in [-0.3, -0.25) is 14.5 Å². The van der Waals surface area contributed by atoms with Crippen LogP contribution in [0.5, 0.6) is 0 Å². The molecule has 1 atom stereocenters. The lowest BCUT2D eigenvalue weighted by Crippen LogP contribution is -2.39. The topological polar surface area (TPSA) is 47.1 Å². The molecule has 12 aromatic rings. The summed E-state index contributed by atoms with van der Waals surface area (Å²) in [7, 11) is 0. The standard InChI is InChI=1S/C55H35N5S/c1-3-13-36(14-4-1)50-33-46-53(61-50)55(58-54(57-46)37-27-29-56-30-28-37)60-47-24-21-38(31-44(47)43-23-19-35-12-8-10-18-42(35)52(43)60)39-22-25-48-45(32-39)51-41-17-9-7-11-34(41)20-26-49(51)59(48)40-15-5-2-6-16-40/h1-33,54,58H. The van der Waals surface area contributed by atoms with Crippen LogP contribution >= 0.6 is 11.3 Å². The zero-order valence-corrected chi connectivity index (χ0v) is 33.6. The number of benzene rings is 8. The minimum atomic E-state index is -0.286. The highest BCUT2D eigenvalue weighted by Crippen LogP contribution is 2.42. The normalized spacial score (nSPS) is 14.0. The Morgan fingerprint density at radius 2 is 1.11 bits per heavy atom. The molecule has 5 nitrogen and oxygen atoms in total. The molecule has 6 heteroatoms. The summed E-state index contributed by atoms with van der Waals surface area (Å²) < 4.78 is 5.99. The minimum absolute atomic E-state index is 0.286. The summed E-state index contributed by atoms with van der Waals surface area (Å²) in [5.74, 6) is 1.03. The first-order valence-corrected chi connectivity index (χ1v) is 21.5. The van der Waals surface area contributed by atoms with Gasteiger partial charge in [0.1, 0.15) is 12.0 Å². The first-order chi connectivity index (χ1) is 30.2. The Balaban J connectivity index is 1.08. The Morgan fingerprint density at radius 3 is 1.90 bits per heavy atom. The third kappa shape index (κ3) is 5.26. The molecule has 1 aliphatic rings. The van der Waals surface area contributed by atoms with Gasteiger partial charge >= 0.3 is 0 Å². The van der Waals surface area contributed by atoms with Gasteiger partial charge in [-0.1, -0.05) is 127 Å². The Kier molecular flexibility index (Phi) is 7.47. The van der Waals surface area contributed by atoms with Crippen molar-refractivity contribution in [1.29, 1.82) is 0 Å². The molecule has 1 unspecified atom stereocenters. The predicted octanol–water partition coefficient (Wildman–Crippen LogP) is 12.5. The molecule has 61 heavy (non-hydrogen) atoms. The van der Waals surface area contributed by atoms with E-state index in [-0.39, 0.29) is 6.17 Å². The molecule has 0 amide bonds. The molecule has 4 aromatic heterocycles. The third-order valence-electron chi connectivity index (χ3n) is 12.4. The Morgan fingerprint density at radius 1 is 0.475 bits per heavy atom. The molecule has 13 rings (SSSR count). The van der Waals surface area contributed by atoms with E-state index >= 15 is 0 Å². The van der Waals surface area contributed by atoms with Crippen molar-refractivity contribution in [2.75, 3.05) is 0 Å². The Hall–Kier alpha value is -7.80. The molecular weight excluding hydrogens is 763 g/mol. The zero-order valence-electron chi connectivity index (χ0n) is 32.8. The van der Waals surface area contributed by atoms with Gasteiger partial charge in [-0.15, -0.1) is 11.3 Å². The van der Waals surface area contributed by atoms with Crippen LogP contribution in [-0.2, 0) is 0 Å². The maximum atomic E-state index is 5.32. The van der Waals surface area contributed by atoms with Crippen molar-refractivity contribution in [2.45, 2.75) is 6.17 Å². The second-order valence-electron chi connectivity index (χ2n) is 15.8. The SMILES string of the molecule is c1ccc(-c2cc3c(s2)=C(n2c4ccc(-c5ccc6c(c5)c5c7ccccc7ccc5n6-c5ccccc5)cc4c4ccc5ccccc5c42)NC(c2ccncc2)N=3)cc1. The second kappa shape index (κ2) is 13.4. The predicted molar refractivity (Wildman–Crippen MR) is 254 cm³/mol. The van der Waals surface area contributed by atoms with Crippen molar-refractivity contribution in [3.8, 4) is 27.3 Å². The number of aromatic nitrogens is 3. The van der Waals surface area contributed by atoms with Crippen molar-refractivity contribution in [1.82, 2.24) is 19.4 Å². The van der Waals surface area contributed by atoms with Crippen LogP contribution in [0, 0.1) is 0 Å².